The van der Waals surface area contributed by atoms with Crippen molar-refractivity contribution in [3.05, 3.63) is 29.8 Å². The predicted molar refractivity (Wildman–Crippen MR) is 80.9 cm³/mol. The Morgan fingerprint density at radius 1 is 1.33 bits per heavy atom. The molecule has 1 fully saturated rings. The Morgan fingerprint density at radius 3 is 2.58 bits per heavy atom. The molecular weight excluding hydrogens is 369 g/mol. The molecule has 0 N–H and O–H groups in total. The van der Waals surface area contributed by atoms with E-state index in [0.717, 1.165) is 18.2 Å². The van der Waals surface area contributed by atoms with Crippen LogP contribution in [-0.2, 0) is 31.5 Å². The monoisotopic (exact) mass is 386 g/mol. The molecule has 0 aliphatic carbocycles. The second-order valence-corrected chi connectivity index (χ2v) is 9.07. The topological polar surface area (TPSA) is 77.5 Å². The molecule has 0 spiro atoms. The number of sulfone groups is 1. The molecule has 2 unspecified atom stereocenters. The number of thiol groups is 1. The first-order valence-electron chi connectivity index (χ1n) is 7.16. The van der Waals surface area contributed by atoms with Crippen molar-refractivity contribution in [2.24, 2.45) is 5.92 Å². The molecule has 0 amide bonds. The van der Waals surface area contributed by atoms with Gasteiger partial charge in [-0.25, -0.2) is 16.8 Å². The molecule has 1 aromatic rings. The van der Waals surface area contributed by atoms with Crippen LogP contribution in [0.1, 0.15) is 25.3 Å². The number of benzene rings is 1. The van der Waals surface area contributed by atoms with Crippen LogP contribution in [0.15, 0.2) is 29.2 Å². The summed E-state index contributed by atoms with van der Waals surface area (Å²) in [6.07, 6.45) is -3.89. The minimum atomic E-state index is -4.68. The molecule has 1 heterocycles. The zero-order chi connectivity index (χ0) is 18.2. The van der Waals surface area contributed by atoms with E-state index in [1.807, 2.05) is 0 Å². The minimum absolute atomic E-state index is 0.0980. The average Bonchev–Trinajstić information content (AvgIpc) is 2.48. The molecule has 0 saturated carbocycles. The Bertz CT molecular complexity index is 778. The normalized spacial score (nSPS) is 25.8. The summed E-state index contributed by atoms with van der Waals surface area (Å²) >= 11 is 0. The maximum Gasteiger partial charge on any atom is 0.416 e. The highest BCUT2D eigenvalue weighted by atomic mass is 32.2. The minimum Gasteiger partial charge on any atom is -0.359 e. The Labute approximate surface area is 139 Å². The number of alkyl halides is 3. The van der Waals surface area contributed by atoms with Gasteiger partial charge in [0, 0.05) is 12.5 Å². The van der Waals surface area contributed by atoms with Gasteiger partial charge in [0.15, 0.2) is 4.93 Å². The van der Waals surface area contributed by atoms with Gasteiger partial charge in [0.1, 0.15) is 10.7 Å². The highest BCUT2D eigenvalue weighted by molar-refractivity contribution is 7.92. The van der Waals surface area contributed by atoms with Crippen LogP contribution in [0.5, 0.6) is 0 Å². The fourth-order valence-electron chi connectivity index (χ4n) is 2.79. The standard InChI is InChI=1S/C14H17F3O5S2/c1-13(11(9-23(18)19)5-3-7-22-13)24(20,21)12-6-2-4-10(8-12)14(15,16)17/h2,4,6,8,11,23H,3,5,7,9H2,1H3. The van der Waals surface area contributed by atoms with E-state index in [1.165, 1.54) is 6.92 Å². The van der Waals surface area contributed by atoms with Gasteiger partial charge in [-0.1, -0.05) is 6.07 Å². The zero-order valence-corrected chi connectivity index (χ0v) is 14.5. The summed E-state index contributed by atoms with van der Waals surface area (Å²) in [4.78, 5) is -2.42. The molecule has 24 heavy (non-hydrogen) atoms. The summed E-state index contributed by atoms with van der Waals surface area (Å²) in [6.45, 7) is 1.33. The van der Waals surface area contributed by atoms with Crippen molar-refractivity contribution < 1.29 is 34.7 Å². The molecule has 136 valence electrons. The van der Waals surface area contributed by atoms with Crippen LogP contribution in [-0.4, -0.2) is 34.1 Å². The van der Waals surface area contributed by atoms with Gasteiger partial charge in [0.2, 0.25) is 9.84 Å². The van der Waals surface area contributed by atoms with Crippen molar-refractivity contribution >= 4 is 20.5 Å². The third-order valence-electron chi connectivity index (χ3n) is 4.20. The summed E-state index contributed by atoms with van der Waals surface area (Å²) in [5, 5.41) is 0. The molecule has 2 rings (SSSR count). The van der Waals surface area contributed by atoms with E-state index >= 15 is 0 Å². The number of hydrogen-bond acceptors (Lipinski definition) is 5. The highest BCUT2D eigenvalue weighted by Gasteiger charge is 2.50. The van der Waals surface area contributed by atoms with Gasteiger partial charge >= 0.3 is 6.18 Å². The van der Waals surface area contributed by atoms with Crippen molar-refractivity contribution in [1.82, 2.24) is 0 Å². The van der Waals surface area contributed by atoms with E-state index < -0.39 is 53.8 Å². The lowest BCUT2D eigenvalue weighted by molar-refractivity contribution is -0.137. The molecule has 1 aliphatic heterocycles. The quantitative estimate of drug-likeness (QED) is 0.803. The van der Waals surface area contributed by atoms with Crippen LogP contribution >= 0.6 is 0 Å². The number of rotatable bonds is 4. The number of hydrogen-bond donors (Lipinski definition) is 1. The van der Waals surface area contributed by atoms with Crippen molar-refractivity contribution in [1.29, 1.82) is 0 Å². The molecule has 5 nitrogen and oxygen atoms in total. The zero-order valence-electron chi connectivity index (χ0n) is 12.7. The number of ether oxygens (including phenoxy) is 1. The summed E-state index contributed by atoms with van der Waals surface area (Å²) in [5.41, 5.74) is -1.09. The maximum atomic E-state index is 12.9. The van der Waals surface area contributed by atoms with E-state index in [1.54, 1.807) is 0 Å². The van der Waals surface area contributed by atoms with E-state index in [-0.39, 0.29) is 6.61 Å². The van der Waals surface area contributed by atoms with E-state index in [2.05, 4.69) is 0 Å². The van der Waals surface area contributed by atoms with Crippen molar-refractivity contribution in [2.45, 2.75) is 35.8 Å². The second kappa shape index (κ2) is 6.64. The van der Waals surface area contributed by atoms with E-state index in [4.69, 9.17) is 4.74 Å². The van der Waals surface area contributed by atoms with Crippen LogP contribution in [0, 0.1) is 5.92 Å². The molecule has 1 aromatic carbocycles. The lowest BCUT2D eigenvalue weighted by Gasteiger charge is -2.39. The Hall–Kier alpha value is -1.13. The lowest BCUT2D eigenvalue weighted by Crippen LogP contribution is -2.50. The van der Waals surface area contributed by atoms with Crippen molar-refractivity contribution in [2.75, 3.05) is 12.4 Å². The van der Waals surface area contributed by atoms with E-state index in [0.29, 0.717) is 18.9 Å². The Kier molecular flexibility index (Phi) is 5.31. The largest absolute Gasteiger partial charge is 0.416 e. The fraction of sp³-hybridized carbons (Fsp3) is 0.571. The molecule has 0 radical (unpaired) electrons. The Morgan fingerprint density at radius 2 is 2.00 bits per heavy atom. The first-order chi connectivity index (χ1) is 11.0. The molecule has 2 atom stereocenters. The van der Waals surface area contributed by atoms with Gasteiger partial charge in [-0.05, 0) is 38.0 Å². The van der Waals surface area contributed by atoms with Crippen LogP contribution < -0.4 is 0 Å². The van der Waals surface area contributed by atoms with Crippen LogP contribution in [0.3, 0.4) is 0 Å². The predicted octanol–water partition coefficient (Wildman–Crippen LogP) is 2.23. The SMILES string of the molecule is CC1(S(=O)(=O)c2cccc(C(F)(F)F)c2)OCCCC1C[SH](=O)=O. The first-order valence-corrected chi connectivity index (χ1v) is 10.0. The molecule has 0 aromatic heterocycles. The lowest BCUT2D eigenvalue weighted by atomic mass is 9.97. The van der Waals surface area contributed by atoms with Crippen molar-refractivity contribution in [3.63, 3.8) is 0 Å². The van der Waals surface area contributed by atoms with Crippen LogP contribution in [0.2, 0.25) is 0 Å². The Balaban J connectivity index is 2.51. The molecule has 10 heteroatoms. The average molecular weight is 386 g/mol. The molecule has 1 saturated heterocycles. The summed E-state index contributed by atoms with van der Waals surface area (Å²) in [7, 11) is -7.18. The third-order valence-corrected chi connectivity index (χ3v) is 7.33. The van der Waals surface area contributed by atoms with Gasteiger partial charge in [0.05, 0.1) is 16.2 Å². The van der Waals surface area contributed by atoms with Gasteiger partial charge < -0.3 is 4.74 Å². The molecular formula is C14H17F3O5S2. The maximum absolute atomic E-state index is 12.9. The van der Waals surface area contributed by atoms with Gasteiger partial charge in [-0.15, -0.1) is 0 Å². The fourth-order valence-corrected chi connectivity index (χ4v) is 5.69. The summed E-state index contributed by atoms with van der Waals surface area (Å²) < 4.78 is 91.8. The van der Waals surface area contributed by atoms with Crippen LogP contribution in [0.25, 0.3) is 0 Å². The van der Waals surface area contributed by atoms with Gasteiger partial charge in [-0.3, -0.25) is 0 Å². The second-order valence-electron chi connectivity index (χ2n) is 5.75. The smallest absolute Gasteiger partial charge is 0.359 e. The van der Waals surface area contributed by atoms with E-state index in [9.17, 15) is 30.0 Å². The number of halogens is 3. The highest BCUT2D eigenvalue weighted by Crippen LogP contribution is 2.40. The first kappa shape index (κ1) is 19.2. The molecule has 1 aliphatic rings. The van der Waals surface area contributed by atoms with Gasteiger partial charge in [0.25, 0.3) is 0 Å². The van der Waals surface area contributed by atoms with Crippen LogP contribution in [0.4, 0.5) is 13.2 Å². The van der Waals surface area contributed by atoms with Crippen molar-refractivity contribution in [3.8, 4) is 0 Å². The van der Waals surface area contributed by atoms with Gasteiger partial charge in [-0.2, -0.15) is 13.2 Å². The third kappa shape index (κ3) is 3.60. The molecule has 0 bridgehead atoms. The summed E-state index contributed by atoms with van der Waals surface area (Å²) in [6, 6.07) is 3.38. The summed E-state index contributed by atoms with van der Waals surface area (Å²) in [5.74, 6) is -1.24.